The predicted octanol–water partition coefficient (Wildman–Crippen LogP) is 3.31. The Bertz CT molecular complexity index is 385. The van der Waals surface area contributed by atoms with Gasteiger partial charge in [-0.25, -0.2) is 4.79 Å². The van der Waals surface area contributed by atoms with Crippen LogP contribution in [-0.4, -0.2) is 24.3 Å². The fourth-order valence-electron chi connectivity index (χ4n) is 1.66. The van der Waals surface area contributed by atoms with Crippen LogP contribution in [0.4, 0.5) is 4.79 Å². The summed E-state index contributed by atoms with van der Waals surface area (Å²) in [5, 5.41) is 8.28. The summed E-state index contributed by atoms with van der Waals surface area (Å²) in [5.41, 5.74) is -0.453. The summed E-state index contributed by atoms with van der Waals surface area (Å²) >= 11 is 1.73. The van der Waals surface area contributed by atoms with Crippen LogP contribution in [0.1, 0.15) is 45.5 Å². The Kier molecular flexibility index (Phi) is 5.82. The van der Waals surface area contributed by atoms with E-state index in [1.807, 2.05) is 33.8 Å². The number of carbonyl (C=O) groups is 1. The van der Waals surface area contributed by atoms with E-state index in [9.17, 15) is 4.79 Å². The van der Waals surface area contributed by atoms with Crippen LogP contribution < -0.4 is 10.6 Å². The molecular weight excluding hydrogens is 260 g/mol. The van der Waals surface area contributed by atoms with Crippen LogP contribution in [0.5, 0.6) is 0 Å². The maximum absolute atomic E-state index is 11.5. The number of thiophene rings is 1. The quantitative estimate of drug-likeness (QED) is 0.872. The highest BCUT2D eigenvalue weighted by Gasteiger charge is 2.17. The number of alkyl carbamates (subject to hydrolysis) is 1. The zero-order valence-corrected chi connectivity index (χ0v) is 13.1. The minimum absolute atomic E-state index is 0.185. The van der Waals surface area contributed by atoms with Crippen molar-refractivity contribution in [1.82, 2.24) is 10.6 Å². The number of rotatable bonds is 5. The maximum Gasteiger partial charge on any atom is 0.407 e. The minimum atomic E-state index is -0.453. The highest BCUT2D eigenvalue weighted by atomic mass is 32.1. The first kappa shape index (κ1) is 16.0. The Morgan fingerprint density at radius 1 is 1.42 bits per heavy atom. The van der Waals surface area contributed by atoms with E-state index in [0.29, 0.717) is 6.54 Å². The molecular formula is C14H24N2O2S. The minimum Gasteiger partial charge on any atom is -0.444 e. The third kappa shape index (κ3) is 6.59. The van der Waals surface area contributed by atoms with E-state index in [1.54, 1.807) is 11.3 Å². The Balaban J connectivity index is 2.28. The molecule has 2 N–H and O–H groups in total. The molecule has 108 valence electrons. The molecule has 1 amide bonds. The lowest BCUT2D eigenvalue weighted by Gasteiger charge is -2.22. The lowest BCUT2D eigenvalue weighted by atomic mass is 10.2. The van der Waals surface area contributed by atoms with Gasteiger partial charge in [0, 0.05) is 23.5 Å². The van der Waals surface area contributed by atoms with E-state index in [4.69, 9.17) is 4.74 Å². The molecule has 4 nitrogen and oxygen atoms in total. The topological polar surface area (TPSA) is 50.4 Å². The van der Waals surface area contributed by atoms with E-state index in [2.05, 4.69) is 29.0 Å². The maximum atomic E-state index is 11.5. The van der Waals surface area contributed by atoms with Crippen LogP contribution >= 0.6 is 11.3 Å². The molecule has 1 rings (SSSR count). The molecule has 0 aromatic carbocycles. The summed E-state index contributed by atoms with van der Waals surface area (Å²) in [5.74, 6) is 0. The monoisotopic (exact) mass is 284 g/mol. The summed E-state index contributed by atoms with van der Waals surface area (Å²) in [4.78, 5) is 12.8. The van der Waals surface area contributed by atoms with Crippen LogP contribution in [0.15, 0.2) is 17.5 Å². The Morgan fingerprint density at radius 2 is 2.11 bits per heavy atom. The molecule has 0 aliphatic carbocycles. The summed E-state index contributed by atoms with van der Waals surface area (Å²) in [6, 6.07) is 4.62. The van der Waals surface area contributed by atoms with E-state index in [-0.39, 0.29) is 18.2 Å². The van der Waals surface area contributed by atoms with Crippen LogP contribution in [0, 0.1) is 0 Å². The number of hydrogen-bond acceptors (Lipinski definition) is 4. The third-order valence-corrected chi connectivity index (χ3v) is 3.51. The van der Waals surface area contributed by atoms with Gasteiger partial charge in [-0.15, -0.1) is 11.3 Å². The molecule has 2 atom stereocenters. The van der Waals surface area contributed by atoms with Gasteiger partial charge in [0.1, 0.15) is 5.60 Å². The second-order valence-electron chi connectivity index (χ2n) is 5.69. The van der Waals surface area contributed by atoms with Crippen LogP contribution in [0.2, 0.25) is 0 Å². The van der Waals surface area contributed by atoms with Gasteiger partial charge in [0.2, 0.25) is 0 Å². The SMILES string of the molecule is CC(CNC(=O)OC(C)(C)C)NC(C)c1cccs1. The summed E-state index contributed by atoms with van der Waals surface area (Å²) < 4.78 is 5.19. The molecule has 5 heteroatoms. The number of nitrogens with one attached hydrogen (secondary N) is 2. The third-order valence-electron chi connectivity index (χ3n) is 2.46. The molecule has 1 aromatic rings. The van der Waals surface area contributed by atoms with E-state index >= 15 is 0 Å². The van der Waals surface area contributed by atoms with Crippen molar-refractivity contribution in [3.8, 4) is 0 Å². The molecule has 0 aliphatic heterocycles. The Labute approximate surface area is 119 Å². The summed E-state index contributed by atoms with van der Waals surface area (Å²) in [6.45, 7) is 10.3. The van der Waals surface area contributed by atoms with Gasteiger partial charge in [0.25, 0.3) is 0 Å². The highest BCUT2D eigenvalue weighted by molar-refractivity contribution is 7.10. The van der Waals surface area contributed by atoms with Crippen LogP contribution in [-0.2, 0) is 4.74 Å². The van der Waals surface area contributed by atoms with Crippen LogP contribution in [0.25, 0.3) is 0 Å². The smallest absolute Gasteiger partial charge is 0.407 e. The summed E-state index contributed by atoms with van der Waals surface area (Å²) in [7, 11) is 0. The molecule has 1 heterocycles. The zero-order chi connectivity index (χ0) is 14.5. The lowest BCUT2D eigenvalue weighted by molar-refractivity contribution is 0.0522. The molecule has 0 radical (unpaired) electrons. The molecule has 1 aromatic heterocycles. The molecule has 0 fully saturated rings. The lowest BCUT2D eigenvalue weighted by Crippen LogP contribution is -2.41. The van der Waals surface area contributed by atoms with Crippen molar-refractivity contribution in [2.24, 2.45) is 0 Å². The molecule has 19 heavy (non-hydrogen) atoms. The van der Waals surface area contributed by atoms with Crippen molar-refractivity contribution >= 4 is 17.4 Å². The second kappa shape index (κ2) is 6.91. The van der Waals surface area contributed by atoms with Crippen molar-refractivity contribution < 1.29 is 9.53 Å². The van der Waals surface area contributed by atoms with Crippen molar-refractivity contribution in [3.05, 3.63) is 22.4 Å². The molecule has 0 bridgehead atoms. The van der Waals surface area contributed by atoms with E-state index in [1.165, 1.54) is 4.88 Å². The Hall–Kier alpha value is -1.07. The summed E-state index contributed by atoms with van der Waals surface area (Å²) in [6.07, 6.45) is -0.370. The van der Waals surface area contributed by atoms with Gasteiger partial charge in [-0.3, -0.25) is 0 Å². The molecule has 2 unspecified atom stereocenters. The first-order valence-electron chi connectivity index (χ1n) is 6.54. The predicted molar refractivity (Wildman–Crippen MR) is 79.6 cm³/mol. The number of hydrogen-bond donors (Lipinski definition) is 2. The average molecular weight is 284 g/mol. The van der Waals surface area contributed by atoms with E-state index in [0.717, 1.165) is 0 Å². The van der Waals surface area contributed by atoms with Crippen molar-refractivity contribution in [3.63, 3.8) is 0 Å². The van der Waals surface area contributed by atoms with Crippen LogP contribution in [0.3, 0.4) is 0 Å². The zero-order valence-electron chi connectivity index (χ0n) is 12.3. The average Bonchev–Trinajstić information content (AvgIpc) is 2.77. The van der Waals surface area contributed by atoms with Gasteiger partial charge in [0.15, 0.2) is 0 Å². The van der Waals surface area contributed by atoms with Gasteiger partial charge in [0.05, 0.1) is 0 Å². The van der Waals surface area contributed by atoms with Crippen molar-refractivity contribution in [2.75, 3.05) is 6.54 Å². The van der Waals surface area contributed by atoms with E-state index < -0.39 is 5.60 Å². The fourth-order valence-corrected chi connectivity index (χ4v) is 2.40. The highest BCUT2D eigenvalue weighted by Crippen LogP contribution is 2.18. The van der Waals surface area contributed by atoms with Gasteiger partial charge in [-0.1, -0.05) is 6.07 Å². The fraction of sp³-hybridized carbons (Fsp3) is 0.643. The van der Waals surface area contributed by atoms with Gasteiger partial charge < -0.3 is 15.4 Å². The van der Waals surface area contributed by atoms with Gasteiger partial charge in [-0.2, -0.15) is 0 Å². The molecule has 0 aliphatic rings. The van der Waals surface area contributed by atoms with Crippen molar-refractivity contribution in [1.29, 1.82) is 0 Å². The standard InChI is InChI=1S/C14H24N2O2S/c1-10(9-15-13(17)18-14(3,4)5)16-11(2)12-7-6-8-19-12/h6-8,10-11,16H,9H2,1-5H3,(H,15,17). The Morgan fingerprint density at radius 3 is 2.63 bits per heavy atom. The van der Waals surface area contributed by atoms with Gasteiger partial charge >= 0.3 is 6.09 Å². The van der Waals surface area contributed by atoms with Gasteiger partial charge in [-0.05, 0) is 46.1 Å². The molecule has 0 spiro atoms. The largest absolute Gasteiger partial charge is 0.444 e. The van der Waals surface area contributed by atoms with Crippen molar-refractivity contribution in [2.45, 2.75) is 52.3 Å². The first-order valence-corrected chi connectivity index (χ1v) is 7.42. The number of carbonyl (C=O) groups excluding carboxylic acids is 1. The molecule has 0 saturated carbocycles. The second-order valence-corrected chi connectivity index (χ2v) is 6.67. The number of amides is 1. The molecule has 0 saturated heterocycles. The normalized spacial score (nSPS) is 14.8. The first-order chi connectivity index (χ1) is 8.78. The number of ether oxygens (including phenoxy) is 1.